The van der Waals surface area contributed by atoms with E-state index in [-0.39, 0.29) is 44.8 Å². The maximum atomic E-state index is 2.79. The fraction of sp³-hybridized carbons (Fsp3) is 0.377. The van der Waals surface area contributed by atoms with Crippen molar-refractivity contribution in [1.82, 2.24) is 0 Å². The van der Waals surface area contributed by atoms with Crippen molar-refractivity contribution in [1.29, 1.82) is 0 Å². The first-order chi connectivity index (χ1) is 38.4. The number of hydrogen-bond donors (Lipinski definition) is 0. The second kappa shape index (κ2) is 18.2. The Morgan fingerprint density at radius 3 is 1.62 bits per heavy atom. The van der Waals surface area contributed by atoms with Gasteiger partial charge >= 0.3 is 6.85 Å². The predicted octanol–water partition coefficient (Wildman–Crippen LogP) is 21.1. The summed E-state index contributed by atoms with van der Waals surface area (Å²) in [7, 11) is 0. The molecule has 13 rings (SSSR count). The van der Waals surface area contributed by atoms with Crippen LogP contribution in [-0.2, 0) is 37.9 Å². The molecule has 2 aliphatic carbocycles. The van der Waals surface area contributed by atoms with Crippen LogP contribution in [0.4, 0.5) is 45.5 Å². The van der Waals surface area contributed by atoms with Gasteiger partial charge in [-0.05, 0) is 204 Å². The average molecular weight is 1100 g/mol. The fourth-order valence-electron chi connectivity index (χ4n) is 14.7. The zero-order valence-electron chi connectivity index (χ0n) is 52.5. The van der Waals surface area contributed by atoms with Crippen molar-refractivity contribution in [3.63, 3.8) is 0 Å². The highest BCUT2D eigenvalue weighted by atomic mass is 32.1. The normalized spacial score (nSPS) is 17.5. The molecule has 418 valence electrons. The standard InChI is InChI=1S/C77H86BN3S/c1-47-39-59-61(77(17,18)38-37-75(59,13)14)46-64(47)80-65-45-53(79(51-25-21-23-48(40-51)71(2,3)4)52-26-22-24-49(41-52)72(5,6)7)30-33-62(65)78-69-57(42-50(43-66(69)80)73(8,9)10)68-63(34-31-56-55-27-19-20-28-67(55)82-70(56)68)81(78)54-29-32-58-60(44-54)76(15,16)36-35-74(58,11)12/h19-34,39-46H,35-38H2,1-18H3. The first-order valence-corrected chi connectivity index (χ1v) is 31.4. The minimum absolute atomic E-state index is 0.00719. The van der Waals surface area contributed by atoms with Crippen molar-refractivity contribution in [3.8, 4) is 11.1 Å². The quantitative estimate of drug-likeness (QED) is 0.159. The number of hydrogen-bond acceptors (Lipinski definition) is 4. The lowest BCUT2D eigenvalue weighted by atomic mass is 9.43. The summed E-state index contributed by atoms with van der Waals surface area (Å²) in [6.07, 6.45) is 4.66. The van der Waals surface area contributed by atoms with E-state index in [1.807, 2.05) is 11.3 Å². The molecule has 0 N–H and O–H groups in total. The lowest BCUT2D eigenvalue weighted by Gasteiger charge is -2.48. The third-order valence-electron chi connectivity index (χ3n) is 20.1. The van der Waals surface area contributed by atoms with E-state index in [0.29, 0.717) is 0 Å². The van der Waals surface area contributed by atoms with Crippen LogP contribution in [0, 0.1) is 6.92 Å². The molecule has 0 radical (unpaired) electrons. The molecule has 0 spiro atoms. The molecule has 3 heterocycles. The number of anilines is 8. The van der Waals surface area contributed by atoms with Crippen molar-refractivity contribution in [2.24, 2.45) is 0 Å². The molecule has 2 aliphatic heterocycles. The van der Waals surface area contributed by atoms with Gasteiger partial charge in [-0.15, -0.1) is 11.3 Å². The number of fused-ring (bicyclic) bond motifs is 10. The summed E-state index contributed by atoms with van der Waals surface area (Å²) in [4.78, 5) is 8.08. The topological polar surface area (TPSA) is 9.72 Å². The molecule has 5 heteroatoms. The SMILES string of the molecule is Cc1cc2c(cc1N1c3cc(N(c4cccc(C(C)(C)C)c4)c4cccc(C(C)(C)C)c4)ccc3B3c4c(cc(C(C)(C)C)cc41)-c1c(ccc4c1sc1ccccc14)N3c1ccc3c(c1)C(C)(C)CCC3(C)C)C(C)(C)CCC2(C)C. The van der Waals surface area contributed by atoms with E-state index in [1.54, 1.807) is 0 Å². The van der Waals surface area contributed by atoms with Crippen LogP contribution in [0.25, 0.3) is 31.3 Å². The van der Waals surface area contributed by atoms with Crippen molar-refractivity contribution in [2.45, 2.75) is 188 Å². The van der Waals surface area contributed by atoms with Gasteiger partial charge in [0.1, 0.15) is 0 Å². The molecule has 9 aromatic rings. The molecule has 0 saturated heterocycles. The summed E-state index contributed by atoms with van der Waals surface area (Å²) >= 11 is 1.97. The molecule has 0 saturated carbocycles. The monoisotopic (exact) mass is 1100 g/mol. The fourth-order valence-corrected chi connectivity index (χ4v) is 15.9. The van der Waals surface area contributed by atoms with Gasteiger partial charge < -0.3 is 14.6 Å². The molecular weight excluding hydrogens is 1010 g/mol. The van der Waals surface area contributed by atoms with E-state index in [2.05, 4.69) is 285 Å². The van der Waals surface area contributed by atoms with Crippen LogP contribution in [0.3, 0.4) is 0 Å². The Morgan fingerprint density at radius 1 is 0.451 bits per heavy atom. The van der Waals surface area contributed by atoms with Gasteiger partial charge in [0.15, 0.2) is 0 Å². The van der Waals surface area contributed by atoms with Crippen molar-refractivity contribution >= 4 is 94.8 Å². The molecule has 1 aromatic heterocycles. The van der Waals surface area contributed by atoms with E-state index in [9.17, 15) is 0 Å². The van der Waals surface area contributed by atoms with E-state index < -0.39 is 0 Å². The summed E-state index contributed by atoms with van der Waals surface area (Å²) < 4.78 is 2.70. The second-order valence-corrected chi connectivity index (χ2v) is 31.9. The Bertz CT molecular complexity index is 4050. The zero-order valence-corrected chi connectivity index (χ0v) is 53.3. The van der Waals surface area contributed by atoms with Gasteiger partial charge in [-0.2, -0.15) is 0 Å². The highest BCUT2D eigenvalue weighted by molar-refractivity contribution is 7.26. The molecule has 0 unspecified atom stereocenters. The molecule has 82 heavy (non-hydrogen) atoms. The predicted molar refractivity (Wildman–Crippen MR) is 359 cm³/mol. The van der Waals surface area contributed by atoms with Gasteiger partial charge in [0.2, 0.25) is 0 Å². The van der Waals surface area contributed by atoms with Gasteiger partial charge in [0, 0.05) is 71.2 Å². The minimum Gasteiger partial charge on any atom is -0.376 e. The summed E-state index contributed by atoms with van der Waals surface area (Å²) in [5.41, 5.74) is 26.3. The van der Waals surface area contributed by atoms with Crippen LogP contribution in [0.1, 0.15) is 188 Å². The van der Waals surface area contributed by atoms with Crippen LogP contribution < -0.4 is 25.5 Å². The van der Waals surface area contributed by atoms with Gasteiger partial charge in [-0.1, -0.05) is 190 Å². The minimum atomic E-state index is -0.152. The number of rotatable bonds is 5. The van der Waals surface area contributed by atoms with Crippen molar-refractivity contribution < 1.29 is 0 Å². The molecule has 0 fully saturated rings. The van der Waals surface area contributed by atoms with Crippen LogP contribution in [-0.4, -0.2) is 6.85 Å². The first kappa shape index (κ1) is 54.7. The highest BCUT2D eigenvalue weighted by Gasteiger charge is 2.49. The summed E-state index contributed by atoms with van der Waals surface area (Å²) in [5.74, 6) is 0. The Labute approximate surface area is 495 Å². The van der Waals surface area contributed by atoms with E-state index in [1.165, 1.54) is 128 Å². The molecule has 4 aliphatic rings. The molecule has 0 bridgehead atoms. The lowest BCUT2D eigenvalue weighted by molar-refractivity contribution is 0.332. The maximum absolute atomic E-state index is 2.79. The molecule has 0 amide bonds. The van der Waals surface area contributed by atoms with Crippen LogP contribution in [0.2, 0.25) is 0 Å². The number of aryl methyl sites for hydroxylation is 1. The zero-order chi connectivity index (χ0) is 58.2. The second-order valence-electron chi connectivity index (χ2n) is 30.9. The van der Waals surface area contributed by atoms with Crippen LogP contribution >= 0.6 is 11.3 Å². The molecule has 3 nitrogen and oxygen atoms in total. The highest BCUT2D eigenvalue weighted by Crippen LogP contribution is 2.56. The summed E-state index contributed by atoms with van der Waals surface area (Å²) in [6.45, 7) is 43.3. The first-order valence-electron chi connectivity index (χ1n) is 30.6. The van der Waals surface area contributed by atoms with Crippen LogP contribution in [0.5, 0.6) is 0 Å². The van der Waals surface area contributed by atoms with Gasteiger partial charge in [-0.3, -0.25) is 0 Å². The van der Waals surface area contributed by atoms with Crippen molar-refractivity contribution in [3.05, 3.63) is 190 Å². The van der Waals surface area contributed by atoms with Crippen molar-refractivity contribution in [2.75, 3.05) is 14.6 Å². The van der Waals surface area contributed by atoms with E-state index >= 15 is 0 Å². The molecule has 8 aromatic carbocycles. The van der Waals surface area contributed by atoms with E-state index in [0.717, 1.165) is 29.9 Å². The number of benzene rings is 8. The third kappa shape index (κ3) is 8.62. The van der Waals surface area contributed by atoms with Crippen LogP contribution in [0.15, 0.2) is 146 Å². The summed E-state index contributed by atoms with van der Waals surface area (Å²) in [5, 5.41) is 2.66. The lowest BCUT2D eigenvalue weighted by Crippen LogP contribution is -2.61. The summed E-state index contributed by atoms with van der Waals surface area (Å²) in [6, 6.07) is 58.3. The third-order valence-corrected chi connectivity index (χ3v) is 21.3. The van der Waals surface area contributed by atoms with Gasteiger partial charge in [0.05, 0.1) is 0 Å². The van der Waals surface area contributed by atoms with E-state index in [4.69, 9.17) is 0 Å². The smallest absolute Gasteiger partial charge is 0.333 e. The Balaban J connectivity index is 1.18. The number of nitrogens with zero attached hydrogens (tertiary/aromatic N) is 3. The average Bonchev–Trinajstić information content (AvgIpc) is 2.87. The molecule has 0 atom stereocenters. The van der Waals surface area contributed by atoms with Gasteiger partial charge in [-0.25, -0.2) is 0 Å². The Hall–Kier alpha value is -6.56. The molecular formula is C77H86BN3S. The number of thiophene rings is 1. The Kier molecular flexibility index (Phi) is 12.2. The van der Waals surface area contributed by atoms with Gasteiger partial charge in [0.25, 0.3) is 0 Å². The largest absolute Gasteiger partial charge is 0.376 e. The maximum Gasteiger partial charge on any atom is 0.333 e. The Morgan fingerprint density at radius 2 is 1.01 bits per heavy atom.